The fourth-order valence-corrected chi connectivity index (χ4v) is 0.937. The highest BCUT2D eigenvalue weighted by atomic mass is 16.5. The maximum Gasteiger partial charge on any atom is 0.307 e. The average Bonchev–Trinajstić information content (AvgIpc) is 1.98. The van der Waals surface area contributed by atoms with Gasteiger partial charge in [-0.3, -0.25) is 4.79 Å². The third kappa shape index (κ3) is 3.42. The Hall–Kier alpha value is -0.990. The maximum atomic E-state index is 10.7. The minimum Gasteiger partial charge on any atom is -0.502 e. The third-order valence-electron chi connectivity index (χ3n) is 1.86. The van der Waals surface area contributed by atoms with Crippen molar-refractivity contribution in [2.75, 3.05) is 7.11 Å². The van der Waals surface area contributed by atoms with Crippen molar-refractivity contribution in [2.24, 2.45) is 11.8 Å². The first kappa shape index (κ1) is 11.0. The van der Waals surface area contributed by atoms with E-state index in [0.717, 1.165) is 0 Å². The van der Waals surface area contributed by atoms with E-state index >= 15 is 0 Å². The van der Waals surface area contributed by atoms with Gasteiger partial charge in [-0.05, 0) is 5.92 Å². The van der Waals surface area contributed by atoms with Crippen LogP contribution in [0.3, 0.4) is 0 Å². The Balaban J connectivity index is 4.14. The molecule has 3 heteroatoms. The normalized spacial score (nSPS) is 12.7. The van der Waals surface area contributed by atoms with E-state index in [1.165, 1.54) is 7.11 Å². The summed E-state index contributed by atoms with van der Waals surface area (Å²) < 4.78 is 4.82. The van der Waals surface area contributed by atoms with Crippen molar-refractivity contribution in [2.45, 2.75) is 20.3 Å². The zero-order chi connectivity index (χ0) is 9.72. The Morgan fingerprint density at radius 3 is 2.33 bits per heavy atom. The minimum atomic E-state index is -0.789. The third-order valence-corrected chi connectivity index (χ3v) is 1.86. The van der Waals surface area contributed by atoms with Gasteiger partial charge in [-0.25, -0.2) is 0 Å². The minimum absolute atomic E-state index is 0.106. The number of rotatable bonds is 5. The molecule has 0 heterocycles. The number of ether oxygens (including phenoxy) is 1. The summed E-state index contributed by atoms with van der Waals surface area (Å²) in [5, 5.41) is 8.79. The molecule has 3 nitrogen and oxygen atoms in total. The van der Waals surface area contributed by atoms with E-state index in [1.807, 2.05) is 13.8 Å². The average molecular weight is 172 g/mol. The summed E-state index contributed by atoms with van der Waals surface area (Å²) in [7, 11) is 1.50. The molecule has 0 aliphatic rings. The summed E-state index contributed by atoms with van der Waals surface area (Å²) in [5.41, 5.74) is 0. The molecule has 0 saturated heterocycles. The van der Waals surface area contributed by atoms with Crippen LogP contribution in [0.2, 0.25) is 0 Å². The molecular weight excluding hydrogens is 156 g/mol. The van der Waals surface area contributed by atoms with Gasteiger partial charge in [-0.1, -0.05) is 20.4 Å². The highest BCUT2D eigenvalue weighted by Gasteiger charge is 2.22. The summed E-state index contributed by atoms with van der Waals surface area (Å²) in [6.45, 7) is 7.35. The van der Waals surface area contributed by atoms with Gasteiger partial charge in [-0.2, -0.15) is 0 Å². The van der Waals surface area contributed by atoms with Crippen molar-refractivity contribution >= 4 is 5.97 Å². The van der Waals surface area contributed by atoms with Crippen LogP contribution in [0, 0.1) is 11.8 Å². The lowest BCUT2D eigenvalue weighted by Gasteiger charge is -2.16. The maximum absolute atomic E-state index is 10.7. The van der Waals surface area contributed by atoms with Crippen molar-refractivity contribution in [3.05, 3.63) is 12.3 Å². The zero-order valence-corrected chi connectivity index (χ0v) is 7.83. The van der Waals surface area contributed by atoms with Crippen LogP contribution in [-0.2, 0) is 9.53 Å². The van der Waals surface area contributed by atoms with Crippen LogP contribution in [0.5, 0.6) is 0 Å². The number of methoxy groups -OCH3 is 1. The first-order valence-electron chi connectivity index (χ1n) is 3.93. The second-order valence-corrected chi connectivity index (χ2v) is 3.14. The Labute approximate surface area is 73.0 Å². The van der Waals surface area contributed by atoms with Gasteiger partial charge in [-0.15, -0.1) is 0 Å². The molecule has 0 saturated carbocycles. The highest BCUT2D eigenvalue weighted by Crippen LogP contribution is 2.19. The van der Waals surface area contributed by atoms with Gasteiger partial charge < -0.3 is 9.84 Å². The van der Waals surface area contributed by atoms with Gasteiger partial charge in [0.15, 0.2) is 0 Å². The Morgan fingerprint density at radius 1 is 1.58 bits per heavy atom. The molecular formula is C9H16O3. The first-order valence-corrected chi connectivity index (χ1v) is 3.93. The zero-order valence-electron chi connectivity index (χ0n) is 7.83. The molecule has 0 aromatic rings. The van der Waals surface area contributed by atoms with Gasteiger partial charge in [0.1, 0.15) is 0 Å². The van der Waals surface area contributed by atoms with Gasteiger partial charge in [0.25, 0.3) is 0 Å². The van der Waals surface area contributed by atoms with Gasteiger partial charge in [0.2, 0.25) is 0 Å². The highest BCUT2D eigenvalue weighted by molar-refractivity contribution is 5.70. The summed E-state index contributed by atoms with van der Waals surface area (Å²) in [4.78, 5) is 10.7. The molecule has 0 radical (unpaired) electrons. The molecule has 0 aliphatic heterocycles. The first-order chi connectivity index (χ1) is 5.49. The van der Waals surface area contributed by atoms with Crippen molar-refractivity contribution in [1.82, 2.24) is 0 Å². The van der Waals surface area contributed by atoms with E-state index < -0.39 is 11.9 Å². The molecule has 0 amide bonds. The molecule has 1 atom stereocenters. The molecule has 0 aliphatic carbocycles. The van der Waals surface area contributed by atoms with E-state index in [9.17, 15) is 4.79 Å². The Kier molecular flexibility index (Phi) is 4.40. The standard InChI is InChI=1S/C9H16O3/c1-6(2)8(9(10)11)5-7(3)12-4/h6,8H,3,5H2,1-2,4H3,(H,10,11)/t8-/m0/s1. The molecule has 70 valence electrons. The smallest absolute Gasteiger partial charge is 0.307 e. The lowest BCUT2D eigenvalue weighted by molar-refractivity contribution is -0.143. The summed E-state index contributed by atoms with van der Waals surface area (Å²) in [6.07, 6.45) is 0.392. The molecule has 0 bridgehead atoms. The van der Waals surface area contributed by atoms with Crippen molar-refractivity contribution < 1.29 is 14.6 Å². The lowest BCUT2D eigenvalue weighted by atomic mass is 9.92. The molecule has 0 fully saturated rings. The largest absolute Gasteiger partial charge is 0.502 e. The Morgan fingerprint density at radius 2 is 2.08 bits per heavy atom. The van der Waals surface area contributed by atoms with E-state index in [2.05, 4.69) is 6.58 Å². The van der Waals surface area contributed by atoms with Crippen molar-refractivity contribution in [1.29, 1.82) is 0 Å². The number of carbonyl (C=O) groups is 1. The fraction of sp³-hybridized carbons (Fsp3) is 0.667. The summed E-state index contributed by atoms with van der Waals surface area (Å²) >= 11 is 0. The van der Waals surface area contributed by atoms with E-state index in [4.69, 9.17) is 9.84 Å². The Bertz CT molecular complexity index is 173. The van der Waals surface area contributed by atoms with Crippen LogP contribution in [0.15, 0.2) is 12.3 Å². The molecule has 1 N–H and O–H groups in total. The molecule has 12 heavy (non-hydrogen) atoms. The molecule has 0 rings (SSSR count). The number of aliphatic carboxylic acids is 1. The van der Waals surface area contributed by atoms with E-state index in [0.29, 0.717) is 12.2 Å². The van der Waals surface area contributed by atoms with Crippen LogP contribution >= 0.6 is 0 Å². The molecule has 0 spiro atoms. The van der Waals surface area contributed by atoms with E-state index in [-0.39, 0.29) is 5.92 Å². The predicted molar refractivity (Wildman–Crippen MR) is 46.7 cm³/mol. The number of hydrogen-bond acceptors (Lipinski definition) is 2. The van der Waals surface area contributed by atoms with Crippen molar-refractivity contribution in [3.8, 4) is 0 Å². The van der Waals surface area contributed by atoms with Crippen LogP contribution in [0.1, 0.15) is 20.3 Å². The van der Waals surface area contributed by atoms with Crippen LogP contribution in [0.4, 0.5) is 0 Å². The summed E-state index contributed by atoms with van der Waals surface area (Å²) in [6, 6.07) is 0. The van der Waals surface area contributed by atoms with Gasteiger partial charge >= 0.3 is 5.97 Å². The number of allylic oxidation sites excluding steroid dienone is 1. The number of carboxylic acid groups (broad SMARTS) is 1. The fourth-order valence-electron chi connectivity index (χ4n) is 0.937. The van der Waals surface area contributed by atoms with Crippen molar-refractivity contribution in [3.63, 3.8) is 0 Å². The SMILES string of the molecule is C=C(C[C@H](C(=O)O)C(C)C)OC. The predicted octanol–water partition coefficient (Wildman–Crippen LogP) is 1.89. The number of hydrogen-bond donors (Lipinski definition) is 1. The number of carboxylic acids is 1. The van der Waals surface area contributed by atoms with Crippen LogP contribution < -0.4 is 0 Å². The molecule has 0 aromatic heterocycles. The van der Waals surface area contributed by atoms with Crippen LogP contribution in [-0.4, -0.2) is 18.2 Å². The van der Waals surface area contributed by atoms with E-state index in [1.54, 1.807) is 0 Å². The molecule has 0 unspecified atom stereocenters. The van der Waals surface area contributed by atoms with Crippen LogP contribution in [0.25, 0.3) is 0 Å². The monoisotopic (exact) mass is 172 g/mol. The topological polar surface area (TPSA) is 46.5 Å². The second-order valence-electron chi connectivity index (χ2n) is 3.14. The van der Waals surface area contributed by atoms with Gasteiger partial charge in [0.05, 0.1) is 18.8 Å². The lowest BCUT2D eigenvalue weighted by Crippen LogP contribution is -2.20. The molecule has 0 aromatic carbocycles. The quantitative estimate of drug-likeness (QED) is 0.644. The van der Waals surface area contributed by atoms with Gasteiger partial charge in [0, 0.05) is 6.42 Å². The summed E-state index contributed by atoms with van der Waals surface area (Å²) in [5.74, 6) is -0.550. The second kappa shape index (κ2) is 4.80.